The van der Waals surface area contributed by atoms with Crippen LogP contribution in [0.15, 0.2) is 60.7 Å². The number of hydrogen-bond acceptors (Lipinski definition) is 2. The van der Waals surface area contributed by atoms with Gasteiger partial charge in [-0.2, -0.15) is 0 Å². The highest BCUT2D eigenvalue weighted by Crippen LogP contribution is 2.40. The van der Waals surface area contributed by atoms with Gasteiger partial charge in [0, 0.05) is 12.5 Å². The van der Waals surface area contributed by atoms with E-state index in [0.29, 0.717) is 0 Å². The van der Waals surface area contributed by atoms with Crippen LogP contribution in [0.3, 0.4) is 0 Å². The molecule has 2 aromatic rings. The Balaban J connectivity index is 1.95. The summed E-state index contributed by atoms with van der Waals surface area (Å²) in [6.07, 6.45) is 4.25. The molecule has 0 unspecified atom stereocenters. The first-order valence-electron chi connectivity index (χ1n) is 10.3. The molecule has 0 heterocycles. The van der Waals surface area contributed by atoms with Gasteiger partial charge in [-0.1, -0.05) is 81.4 Å². The minimum absolute atomic E-state index is 0.0202. The predicted molar refractivity (Wildman–Crippen MR) is 117 cm³/mol. The molecule has 1 fully saturated rings. The first kappa shape index (κ1) is 20.8. The Hall–Kier alpha value is -1.91. The molecule has 0 radical (unpaired) electrons. The quantitative estimate of drug-likeness (QED) is 0.726. The van der Waals surface area contributed by atoms with Gasteiger partial charge in [-0.3, -0.25) is 4.79 Å². The van der Waals surface area contributed by atoms with E-state index in [1.54, 1.807) is 0 Å². The van der Waals surface area contributed by atoms with Crippen LogP contribution in [-0.4, -0.2) is 25.5 Å². The van der Waals surface area contributed by atoms with Crippen molar-refractivity contribution in [1.29, 1.82) is 0 Å². The first-order valence-corrected chi connectivity index (χ1v) is 12.2. The molecule has 2 aromatic carbocycles. The van der Waals surface area contributed by atoms with Crippen molar-refractivity contribution < 1.29 is 14.3 Å². The molecule has 1 saturated carbocycles. The van der Waals surface area contributed by atoms with E-state index in [4.69, 9.17) is 9.53 Å². The normalized spacial score (nSPS) is 20.7. The third-order valence-corrected chi connectivity index (χ3v) is 11.1. The molecular weight excluding hydrogens is 364 g/mol. The summed E-state index contributed by atoms with van der Waals surface area (Å²) in [5, 5.41) is 11.7. The Labute approximate surface area is 169 Å². The maximum atomic E-state index is 11.1. The topological polar surface area (TPSA) is 46.5 Å². The van der Waals surface area contributed by atoms with Crippen molar-refractivity contribution in [3.8, 4) is 0 Å². The van der Waals surface area contributed by atoms with Crippen molar-refractivity contribution >= 4 is 24.7 Å². The average molecular weight is 397 g/mol. The van der Waals surface area contributed by atoms with Crippen molar-refractivity contribution in [3.05, 3.63) is 60.7 Å². The molecule has 1 aliphatic rings. The van der Waals surface area contributed by atoms with E-state index >= 15 is 0 Å². The number of carbonyl (C=O) groups is 1. The summed E-state index contributed by atoms with van der Waals surface area (Å²) in [5.41, 5.74) is 0. The van der Waals surface area contributed by atoms with Crippen LogP contribution in [0.1, 0.15) is 52.9 Å². The molecule has 0 aromatic heterocycles. The van der Waals surface area contributed by atoms with Gasteiger partial charge in [-0.05, 0) is 47.0 Å². The van der Waals surface area contributed by atoms with E-state index < -0.39 is 14.3 Å². The highest BCUT2D eigenvalue weighted by Gasteiger charge is 2.51. The van der Waals surface area contributed by atoms with Crippen molar-refractivity contribution in [2.24, 2.45) is 5.92 Å². The SMILES string of the molecule is CC(C)(C)[Si](O[C@H]1CC[C@@H](CC(=O)O)CC1)(c1ccccc1)c1ccccc1. The van der Waals surface area contributed by atoms with Crippen LogP contribution < -0.4 is 10.4 Å². The maximum Gasteiger partial charge on any atom is 0.303 e. The number of carboxylic acid groups (broad SMARTS) is 1. The molecule has 0 bridgehead atoms. The van der Waals surface area contributed by atoms with Gasteiger partial charge < -0.3 is 9.53 Å². The van der Waals surface area contributed by atoms with Crippen molar-refractivity contribution in [2.75, 3.05) is 0 Å². The first-order chi connectivity index (χ1) is 13.3. The van der Waals surface area contributed by atoms with Crippen molar-refractivity contribution in [1.82, 2.24) is 0 Å². The predicted octanol–water partition coefficient (Wildman–Crippen LogP) is 4.60. The Morgan fingerprint density at radius 2 is 1.39 bits per heavy atom. The fourth-order valence-electron chi connectivity index (χ4n) is 4.64. The van der Waals surface area contributed by atoms with Crippen LogP contribution in [0.25, 0.3) is 0 Å². The van der Waals surface area contributed by atoms with Crippen molar-refractivity contribution in [2.45, 2.75) is 64.0 Å². The van der Waals surface area contributed by atoms with Gasteiger partial charge in [0.15, 0.2) is 0 Å². The molecule has 0 saturated heterocycles. The molecule has 28 heavy (non-hydrogen) atoms. The van der Waals surface area contributed by atoms with E-state index in [9.17, 15) is 4.79 Å². The lowest BCUT2D eigenvalue weighted by atomic mass is 9.85. The molecule has 1 N–H and O–H groups in total. The lowest BCUT2D eigenvalue weighted by molar-refractivity contribution is -0.138. The monoisotopic (exact) mass is 396 g/mol. The van der Waals surface area contributed by atoms with Crippen LogP contribution in [0, 0.1) is 5.92 Å². The van der Waals surface area contributed by atoms with Gasteiger partial charge in [-0.25, -0.2) is 0 Å². The summed E-state index contributed by atoms with van der Waals surface area (Å²) in [6, 6.07) is 21.5. The molecule has 0 atom stereocenters. The van der Waals surface area contributed by atoms with E-state index in [1.165, 1.54) is 10.4 Å². The van der Waals surface area contributed by atoms with Crippen LogP contribution in [-0.2, 0) is 9.22 Å². The van der Waals surface area contributed by atoms with Gasteiger partial charge in [0.25, 0.3) is 8.32 Å². The number of hydrogen-bond donors (Lipinski definition) is 1. The second kappa shape index (κ2) is 8.62. The molecular formula is C24H32O3Si. The largest absolute Gasteiger partial charge is 0.481 e. The Morgan fingerprint density at radius 1 is 0.929 bits per heavy atom. The van der Waals surface area contributed by atoms with Crippen LogP contribution in [0.5, 0.6) is 0 Å². The zero-order valence-electron chi connectivity index (χ0n) is 17.2. The summed E-state index contributed by atoms with van der Waals surface area (Å²) in [6.45, 7) is 6.90. The number of benzene rings is 2. The molecule has 1 aliphatic carbocycles. The standard InChI is InChI=1S/C24H32O3Si/c1-24(2,3)28(21-10-6-4-7-11-21,22-12-8-5-9-13-22)27-20-16-14-19(15-17-20)18-23(25)26/h4-13,19-20H,14-18H2,1-3H3,(H,25,26)/t19-,20+. The molecule has 0 amide bonds. The van der Waals surface area contributed by atoms with Gasteiger partial charge in [0.2, 0.25) is 0 Å². The van der Waals surface area contributed by atoms with Gasteiger partial charge in [0.1, 0.15) is 0 Å². The van der Waals surface area contributed by atoms with Crippen LogP contribution >= 0.6 is 0 Å². The van der Waals surface area contributed by atoms with Crippen molar-refractivity contribution in [3.63, 3.8) is 0 Å². The number of carboxylic acids is 1. The second-order valence-corrected chi connectivity index (χ2v) is 13.3. The average Bonchev–Trinajstić information content (AvgIpc) is 2.67. The Kier molecular flexibility index (Phi) is 6.41. The lowest BCUT2D eigenvalue weighted by Crippen LogP contribution is -2.67. The zero-order valence-corrected chi connectivity index (χ0v) is 18.2. The van der Waals surface area contributed by atoms with Crippen LogP contribution in [0.2, 0.25) is 5.04 Å². The summed E-state index contributed by atoms with van der Waals surface area (Å²) in [7, 11) is -2.51. The van der Waals surface area contributed by atoms with Gasteiger partial charge >= 0.3 is 5.97 Å². The van der Waals surface area contributed by atoms with Crippen LogP contribution in [0.4, 0.5) is 0 Å². The second-order valence-electron chi connectivity index (χ2n) is 9.02. The van der Waals surface area contributed by atoms with E-state index in [1.807, 2.05) is 0 Å². The lowest BCUT2D eigenvalue weighted by Gasteiger charge is -2.46. The smallest absolute Gasteiger partial charge is 0.303 e. The summed E-state index contributed by atoms with van der Waals surface area (Å²) in [5.74, 6) is -0.396. The van der Waals surface area contributed by atoms with Gasteiger partial charge in [0.05, 0.1) is 0 Å². The maximum absolute atomic E-state index is 11.1. The minimum atomic E-state index is -2.51. The molecule has 150 valence electrons. The highest BCUT2D eigenvalue weighted by atomic mass is 28.4. The summed E-state index contributed by atoms with van der Waals surface area (Å²) in [4.78, 5) is 11.1. The number of aliphatic carboxylic acids is 1. The molecule has 0 spiro atoms. The zero-order chi connectivity index (χ0) is 20.2. The molecule has 3 nitrogen and oxygen atoms in total. The Morgan fingerprint density at radius 3 is 1.79 bits per heavy atom. The fourth-order valence-corrected chi connectivity index (χ4v) is 9.39. The highest BCUT2D eigenvalue weighted by molar-refractivity contribution is 6.99. The number of rotatable bonds is 6. The summed E-state index contributed by atoms with van der Waals surface area (Å²) >= 11 is 0. The van der Waals surface area contributed by atoms with E-state index in [0.717, 1.165) is 25.7 Å². The third-order valence-electron chi connectivity index (χ3n) is 6.02. The molecule has 0 aliphatic heterocycles. The Bertz CT molecular complexity index is 720. The minimum Gasteiger partial charge on any atom is -0.481 e. The third kappa shape index (κ3) is 4.39. The van der Waals surface area contributed by atoms with E-state index in [2.05, 4.69) is 81.4 Å². The summed E-state index contributed by atoms with van der Waals surface area (Å²) < 4.78 is 7.16. The molecule has 3 rings (SSSR count). The fraction of sp³-hybridized carbons (Fsp3) is 0.458. The van der Waals surface area contributed by atoms with E-state index in [-0.39, 0.29) is 23.5 Å². The molecule has 4 heteroatoms. The van der Waals surface area contributed by atoms with Gasteiger partial charge in [-0.15, -0.1) is 0 Å².